The molecular weight excluding hydrogens is 94.9 g/mol. The first-order valence-corrected chi connectivity index (χ1v) is 3.25. The molecule has 0 amide bonds. The lowest BCUT2D eigenvalue weighted by Gasteiger charge is -2.14. The minimum Gasteiger partial charge on any atom is -0.121 e. The topological polar surface area (TPSA) is 0 Å². The highest BCUT2D eigenvalue weighted by Crippen LogP contribution is 2.19. The Balaban J connectivity index is 2.50. The average molecular weight is 106 g/mol. The largest absolute Gasteiger partial charge is 0.121 e. The maximum absolute atomic E-state index is 5.59. The molecule has 0 bridgehead atoms. The predicted octanol–water partition coefficient (Wildman–Crippen LogP) is 1.86. The van der Waals surface area contributed by atoms with E-state index in [1.54, 1.807) is 0 Å². The summed E-state index contributed by atoms with van der Waals surface area (Å²) in [5.41, 5.74) is 1.09. The predicted molar refractivity (Wildman–Crippen MR) is 36.9 cm³/mol. The lowest BCUT2D eigenvalue weighted by atomic mass is 9.82. The van der Waals surface area contributed by atoms with Crippen LogP contribution < -0.4 is 0 Å². The van der Waals surface area contributed by atoms with Crippen LogP contribution in [0.1, 0.15) is 26.2 Å². The van der Waals surface area contributed by atoms with Gasteiger partial charge in [-0.25, -0.2) is 0 Å². The van der Waals surface area contributed by atoms with Gasteiger partial charge in [0.25, 0.3) is 0 Å². The van der Waals surface area contributed by atoms with Gasteiger partial charge in [0.15, 0.2) is 0 Å². The van der Waals surface area contributed by atoms with E-state index in [1.807, 2.05) is 0 Å². The smallest absolute Gasteiger partial charge is 0.107 e. The molecular formula is C7H11B. The molecule has 0 heterocycles. The summed E-state index contributed by atoms with van der Waals surface area (Å²) < 4.78 is 0. The third-order valence-corrected chi connectivity index (χ3v) is 1.62. The number of allylic oxidation sites excluding steroid dienone is 2. The van der Waals surface area contributed by atoms with Crippen molar-refractivity contribution in [2.75, 3.05) is 0 Å². The van der Waals surface area contributed by atoms with Crippen molar-refractivity contribution in [3.8, 4) is 0 Å². The van der Waals surface area contributed by atoms with E-state index < -0.39 is 0 Å². The van der Waals surface area contributed by atoms with E-state index >= 15 is 0 Å². The Kier molecular flexibility index (Phi) is 1.77. The highest BCUT2D eigenvalue weighted by atomic mass is 14.1. The summed E-state index contributed by atoms with van der Waals surface area (Å²) in [6.07, 6.45) is 5.89. The molecule has 0 aromatic heterocycles. The van der Waals surface area contributed by atoms with Gasteiger partial charge in [-0.3, -0.25) is 0 Å². The second-order valence-electron chi connectivity index (χ2n) is 2.61. The molecule has 0 saturated heterocycles. The SMILES string of the molecule is [B]C1=CC(C)CCC1. The molecule has 1 aliphatic carbocycles. The van der Waals surface area contributed by atoms with E-state index in [9.17, 15) is 0 Å². The van der Waals surface area contributed by atoms with Crippen molar-refractivity contribution in [2.24, 2.45) is 5.92 Å². The Labute approximate surface area is 52.4 Å². The molecule has 0 spiro atoms. The van der Waals surface area contributed by atoms with Crippen LogP contribution in [0, 0.1) is 5.92 Å². The molecule has 1 heteroatoms. The number of hydrogen-bond acceptors (Lipinski definition) is 0. The third-order valence-electron chi connectivity index (χ3n) is 1.62. The van der Waals surface area contributed by atoms with Crippen LogP contribution in [0.15, 0.2) is 11.5 Å². The summed E-state index contributed by atoms with van der Waals surface area (Å²) in [7, 11) is 5.59. The standard InChI is InChI=1S/C7H11B/c1-6-3-2-4-7(8)5-6/h5-6H,2-4H2,1H3. The van der Waals surface area contributed by atoms with Crippen LogP contribution in [0.2, 0.25) is 0 Å². The summed E-state index contributed by atoms with van der Waals surface area (Å²) in [5.74, 6) is 0.726. The summed E-state index contributed by atoms with van der Waals surface area (Å²) in [6.45, 7) is 2.21. The Morgan fingerprint density at radius 1 is 1.75 bits per heavy atom. The zero-order valence-electron chi connectivity index (χ0n) is 5.35. The average Bonchev–Trinajstić information content (AvgIpc) is 1.64. The molecule has 0 aromatic carbocycles. The van der Waals surface area contributed by atoms with Crippen LogP contribution in [0.4, 0.5) is 0 Å². The van der Waals surface area contributed by atoms with Gasteiger partial charge in [0, 0.05) is 0 Å². The molecule has 1 aliphatic rings. The van der Waals surface area contributed by atoms with Crippen molar-refractivity contribution >= 4 is 7.85 Å². The molecule has 1 rings (SSSR count). The maximum atomic E-state index is 5.59. The lowest BCUT2D eigenvalue weighted by Crippen LogP contribution is -1.99. The first-order chi connectivity index (χ1) is 3.79. The molecule has 0 fully saturated rings. The maximum Gasteiger partial charge on any atom is 0.107 e. The van der Waals surface area contributed by atoms with E-state index in [0.717, 1.165) is 17.8 Å². The van der Waals surface area contributed by atoms with Crippen molar-refractivity contribution in [3.63, 3.8) is 0 Å². The van der Waals surface area contributed by atoms with E-state index in [1.165, 1.54) is 12.8 Å². The highest BCUT2D eigenvalue weighted by molar-refractivity contribution is 6.21. The van der Waals surface area contributed by atoms with Crippen molar-refractivity contribution in [2.45, 2.75) is 26.2 Å². The van der Waals surface area contributed by atoms with Gasteiger partial charge in [0.2, 0.25) is 0 Å². The van der Waals surface area contributed by atoms with Crippen molar-refractivity contribution in [1.82, 2.24) is 0 Å². The van der Waals surface area contributed by atoms with Crippen LogP contribution in [-0.4, -0.2) is 7.85 Å². The second-order valence-corrected chi connectivity index (χ2v) is 2.61. The minimum absolute atomic E-state index is 0.726. The number of rotatable bonds is 0. The van der Waals surface area contributed by atoms with E-state index in [4.69, 9.17) is 7.85 Å². The zero-order valence-corrected chi connectivity index (χ0v) is 5.35. The fourth-order valence-electron chi connectivity index (χ4n) is 1.16. The lowest BCUT2D eigenvalue weighted by molar-refractivity contribution is 0.579. The summed E-state index contributed by atoms with van der Waals surface area (Å²) >= 11 is 0. The quantitative estimate of drug-likeness (QED) is 0.413. The Hall–Kier alpha value is -0.195. The Bertz CT molecular complexity index is 105. The zero-order chi connectivity index (χ0) is 5.98. The molecule has 2 radical (unpaired) electrons. The molecule has 42 valence electrons. The molecule has 8 heavy (non-hydrogen) atoms. The monoisotopic (exact) mass is 106 g/mol. The molecule has 0 saturated carbocycles. The minimum atomic E-state index is 0.726. The molecule has 0 N–H and O–H groups in total. The molecule has 0 nitrogen and oxygen atoms in total. The third kappa shape index (κ3) is 1.39. The summed E-state index contributed by atoms with van der Waals surface area (Å²) in [4.78, 5) is 0. The van der Waals surface area contributed by atoms with Gasteiger partial charge in [-0.15, -0.1) is 5.47 Å². The number of hydrogen-bond donors (Lipinski definition) is 0. The summed E-state index contributed by atoms with van der Waals surface area (Å²) in [6, 6.07) is 0. The van der Waals surface area contributed by atoms with E-state index in [0.29, 0.717) is 0 Å². The van der Waals surface area contributed by atoms with Gasteiger partial charge < -0.3 is 0 Å². The molecule has 0 aliphatic heterocycles. The van der Waals surface area contributed by atoms with Gasteiger partial charge in [0.05, 0.1) is 0 Å². The first-order valence-electron chi connectivity index (χ1n) is 3.25. The van der Waals surface area contributed by atoms with Gasteiger partial charge in [0.1, 0.15) is 7.85 Å². The van der Waals surface area contributed by atoms with E-state index in [-0.39, 0.29) is 0 Å². The van der Waals surface area contributed by atoms with Crippen LogP contribution in [0.25, 0.3) is 0 Å². The molecule has 0 aromatic rings. The van der Waals surface area contributed by atoms with Crippen molar-refractivity contribution in [3.05, 3.63) is 11.5 Å². The fourth-order valence-corrected chi connectivity index (χ4v) is 1.16. The van der Waals surface area contributed by atoms with Crippen LogP contribution >= 0.6 is 0 Å². The highest BCUT2D eigenvalue weighted by Gasteiger charge is 2.03. The van der Waals surface area contributed by atoms with Gasteiger partial charge in [-0.2, -0.15) is 0 Å². The van der Waals surface area contributed by atoms with Gasteiger partial charge in [-0.05, 0) is 25.2 Å². The van der Waals surface area contributed by atoms with Gasteiger partial charge >= 0.3 is 0 Å². The van der Waals surface area contributed by atoms with E-state index in [2.05, 4.69) is 13.0 Å². The van der Waals surface area contributed by atoms with Crippen molar-refractivity contribution in [1.29, 1.82) is 0 Å². The van der Waals surface area contributed by atoms with Crippen molar-refractivity contribution < 1.29 is 0 Å². The first kappa shape index (κ1) is 5.93. The van der Waals surface area contributed by atoms with Crippen LogP contribution in [-0.2, 0) is 0 Å². The molecule has 1 unspecified atom stereocenters. The van der Waals surface area contributed by atoms with Crippen LogP contribution in [0.3, 0.4) is 0 Å². The fraction of sp³-hybridized carbons (Fsp3) is 0.714. The Morgan fingerprint density at radius 3 is 2.88 bits per heavy atom. The molecule has 1 atom stereocenters. The second kappa shape index (κ2) is 2.39. The normalized spacial score (nSPS) is 29.6. The van der Waals surface area contributed by atoms with Crippen LogP contribution in [0.5, 0.6) is 0 Å². The van der Waals surface area contributed by atoms with Gasteiger partial charge in [-0.1, -0.05) is 13.0 Å². The summed E-state index contributed by atoms with van der Waals surface area (Å²) in [5, 5.41) is 0. The Morgan fingerprint density at radius 2 is 2.50 bits per heavy atom.